The van der Waals surface area contributed by atoms with Crippen molar-refractivity contribution < 1.29 is 14.4 Å². The molecule has 2 unspecified atom stereocenters. The zero-order valence-corrected chi connectivity index (χ0v) is 13.3. The molecule has 2 atom stereocenters. The van der Waals surface area contributed by atoms with Crippen molar-refractivity contribution in [2.24, 2.45) is 17.4 Å². The number of nitrogens with two attached hydrogens (primary N) is 2. The molecule has 2 aromatic carbocycles. The molecule has 6 heteroatoms. The number of amides is 3. The van der Waals surface area contributed by atoms with Crippen molar-refractivity contribution in [3.05, 3.63) is 77.4 Å². The van der Waals surface area contributed by atoms with E-state index in [1.807, 2.05) is 36.4 Å². The topological polar surface area (TPSA) is 115 Å². The van der Waals surface area contributed by atoms with Crippen molar-refractivity contribution in [1.82, 2.24) is 5.32 Å². The summed E-state index contributed by atoms with van der Waals surface area (Å²) in [6.45, 7) is 0. The predicted octanol–water partition coefficient (Wildman–Crippen LogP) is 1.14. The van der Waals surface area contributed by atoms with E-state index in [2.05, 4.69) is 5.32 Å². The third-order valence-corrected chi connectivity index (χ3v) is 4.22. The van der Waals surface area contributed by atoms with Crippen LogP contribution in [-0.4, -0.2) is 17.7 Å². The number of allylic oxidation sites excluding steroid dienone is 1. The van der Waals surface area contributed by atoms with Crippen molar-refractivity contribution in [1.29, 1.82) is 0 Å². The van der Waals surface area contributed by atoms with Gasteiger partial charge in [-0.1, -0.05) is 48.5 Å². The normalized spacial score (nSPS) is 19.7. The van der Waals surface area contributed by atoms with Gasteiger partial charge in [0.05, 0.1) is 0 Å². The molecule has 0 saturated carbocycles. The second kappa shape index (κ2) is 6.60. The van der Waals surface area contributed by atoms with E-state index >= 15 is 0 Å². The lowest BCUT2D eigenvalue weighted by Gasteiger charge is -2.28. The molecule has 0 bridgehead atoms. The van der Waals surface area contributed by atoms with Gasteiger partial charge in [-0.05, 0) is 23.3 Å². The number of hydrogen-bond acceptors (Lipinski definition) is 3. The van der Waals surface area contributed by atoms with Crippen LogP contribution in [0.4, 0.5) is 0 Å². The van der Waals surface area contributed by atoms with E-state index < -0.39 is 29.6 Å². The first-order valence-electron chi connectivity index (χ1n) is 7.74. The fraction of sp³-hybridized carbons (Fsp3) is 0.105. The molecule has 0 fully saturated rings. The third kappa shape index (κ3) is 3.28. The Labute approximate surface area is 144 Å². The Morgan fingerprint density at radius 1 is 0.920 bits per heavy atom. The van der Waals surface area contributed by atoms with Gasteiger partial charge < -0.3 is 16.8 Å². The van der Waals surface area contributed by atoms with E-state index in [1.54, 1.807) is 24.3 Å². The molecule has 0 radical (unpaired) electrons. The SMILES string of the molecule is NC(=O)c1ccc(C2C=C(c3ccccc3)NC(=O)C2C(N)=O)cc1. The van der Waals surface area contributed by atoms with Gasteiger partial charge >= 0.3 is 0 Å². The molecule has 1 aliphatic heterocycles. The van der Waals surface area contributed by atoms with Gasteiger partial charge in [0.2, 0.25) is 17.7 Å². The summed E-state index contributed by atoms with van der Waals surface area (Å²) in [5, 5.41) is 2.74. The number of primary amides is 2. The summed E-state index contributed by atoms with van der Waals surface area (Å²) in [4.78, 5) is 35.5. The van der Waals surface area contributed by atoms with Crippen LogP contribution in [0.5, 0.6) is 0 Å². The standard InChI is InChI=1S/C19H17N3O3/c20-17(23)13-8-6-11(7-9-13)14-10-15(12-4-2-1-3-5-12)22-19(25)16(14)18(21)24/h1-10,14,16H,(H2,20,23)(H2,21,24)(H,22,25). The molecule has 0 aliphatic carbocycles. The van der Waals surface area contributed by atoms with Crippen LogP contribution in [0.2, 0.25) is 0 Å². The molecule has 3 rings (SSSR count). The van der Waals surface area contributed by atoms with Crippen LogP contribution in [0.25, 0.3) is 5.70 Å². The highest BCUT2D eigenvalue weighted by atomic mass is 16.2. The Morgan fingerprint density at radius 2 is 1.56 bits per heavy atom. The summed E-state index contributed by atoms with van der Waals surface area (Å²) in [6.07, 6.45) is 1.81. The van der Waals surface area contributed by atoms with Gasteiger partial charge in [0.15, 0.2) is 0 Å². The van der Waals surface area contributed by atoms with Gasteiger partial charge in [-0.2, -0.15) is 0 Å². The summed E-state index contributed by atoms with van der Waals surface area (Å²) in [5.74, 6) is -3.24. The van der Waals surface area contributed by atoms with E-state index in [0.29, 0.717) is 16.8 Å². The Morgan fingerprint density at radius 3 is 2.12 bits per heavy atom. The van der Waals surface area contributed by atoms with Crippen molar-refractivity contribution >= 4 is 23.4 Å². The van der Waals surface area contributed by atoms with Crippen molar-refractivity contribution in [3.8, 4) is 0 Å². The number of benzene rings is 2. The Bertz CT molecular complexity index is 857. The van der Waals surface area contributed by atoms with E-state index in [1.165, 1.54) is 0 Å². The lowest BCUT2D eigenvalue weighted by atomic mass is 9.81. The third-order valence-electron chi connectivity index (χ3n) is 4.22. The van der Waals surface area contributed by atoms with Crippen LogP contribution in [0.1, 0.15) is 27.4 Å². The maximum atomic E-state index is 12.5. The quantitative estimate of drug-likeness (QED) is 0.728. The van der Waals surface area contributed by atoms with Gasteiger partial charge in [-0.15, -0.1) is 0 Å². The Hall–Kier alpha value is -3.41. The molecule has 2 aromatic rings. The van der Waals surface area contributed by atoms with Crippen LogP contribution in [-0.2, 0) is 9.59 Å². The summed E-state index contributed by atoms with van der Waals surface area (Å²) < 4.78 is 0. The van der Waals surface area contributed by atoms with Crippen LogP contribution in [0.15, 0.2) is 60.7 Å². The number of carbonyl (C=O) groups is 3. The zero-order valence-electron chi connectivity index (χ0n) is 13.3. The first-order valence-corrected chi connectivity index (χ1v) is 7.74. The van der Waals surface area contributed by atoms with Crippen molar-refractivity contribution in [3.63, 3.8) is 0 Å². The second-order valence-electron chi connectivity index (χ2n) is 5.83. The first-order chi connectivity index (χ1) is 12.0. The molecule has 1 heterocycles. The van der Waals surface area contributed by atoms with Gasteiger partial charge in [0.25, 0.3) is 0 Å². The minimum atomic E-state index is -1.02. The second-order valence-corrected chi connectivity index (χ2v) is 5.83. The monoisotopic (exact) mass is 335 g/mol. The zero-order chi connectivity index (χ0) is 18.0. The number of rotatable bonds is 4. The molecule has 126 valence electrons. The number of nitrogens with one attached hydrogen (secondary N) is 1. The summed E-state index contributed by atoms with van der Waals surface area (Å²) in [7, 11) is 0. The average Bonchev–Trinajstić information content (AvgIpc) is 2.61. The highest BCUT2D eigenvalue weighted by molar-refractivity contribution is 6.05. The highest BCUT2D eigenvalue weighted by Gasteiger charge is 2.37. The molecular weight excluding hydrogens is 318 g/mol. The lowest BCUT2D eigenvalue weighted by Crippen LogP contribution is -2.44. The van der Waals surface area contributed by atoms with Crippen LogP contribution in [0, 0.1) is 5.92 Å². The minimum absolute atomic E-state index is 0.354. The molecule has 1 aliphatic rings. The largest absolute Gasteiger partial charge is 0.369 e. The fourth-order valence-electron chi connectivity index (χ4n) is 2.94. The van der Waals surface area contributed by atoms with E-state index in [-0.39, 0.29) is 0 Å². The summed E-state index contributed by atoms with van der Waals surface area (Å²) in [6, 6.07) is 15.8. The Balaban J connectivity index is 2.06. The van der Waals surface area contributed by atoms with Gasteiger partial charge in [0.1, 0.15) is 5.92 Å². The van der Waals surface area contributed by atoms with Crippen molar-refractivity contribution in [2.45, 2.75) is 5.92 Å². The van der Waals surface area contributed by atoms with E-state index in [9.17, 15) is 14.4 Å². The minimum Gasteiger partial charge on any atom is -0.369 e. The van der Waals surface area contributed by atoms with E-state index in [0.717, 1.165) is 5.56 Å². The molecule has 0 aromatic heterocycles. The molecular formula is C19H17N3O3. The van der Waals surface area contributed by atoms with Gasteiger partial charge in [-0.3, -0.25) is 14.4 Å². The van der Waals surface area contributed by atoms with Gasteiger partial charge in [-0.25, -0.2) is 0 Å². The predicted molar refractivity (Wildman–Crippen MR) is 92.9 cm³/mol. The molecule has 6 nitrogen and oxygen atoms in total. The molecule has 25 heavy (non-hydrogen) atoms. The fourth-order valence-corrected chi connectivity index (χ4v) is 2.94. The van der Waals surface area contributed by atoms with E-state index in [4.69, 9.17) is 11.5 Å². The molecule has 0 spiro atoms. The van der Waals surface area contributed by atoms with Crippen LogP contribution in [0.3, 0.4) is 0 Å². The van der Waals surface area contributed by atoms with Crippen LogP contribution < -0.4 is 16.8 Å². The first kappa shape index (κ1) is 16.4. The summed E-state index contributed by atoms with van der Waals surface area (Å²) >= 11 is 0. The summed E-state index contributed by atoms with van der Waals surface area (Å²) in [5.41, 5.74) is 13.2. The molecule has 0 saturated heterocycles. The molecule has 3 amide bonds. The average molecular weight is 335 g/mol. The molecule has 5 N–H and O–H groups in total. The van der Waals surface area contributed by atoms with Crippen molar-refractivity contribution in [2.75, 3.05) is 0 Å². The Kier molecular flexibility index (Phi) is 4.35. The number of hydrogen-bond donors (Lipinski definition) is 3. The highest BCUT2D eigenvalue weighted by Crippen LogP contribution is 2.33. The maximum Gasteiger partial charge on any atom is 0.248 e. The van der Waals surface area contributed by atoms with Crippen LogP contribution >= 0.6 is 0 Å². The number of carbonyl (C=O) groups excluding carboxylic acids is 3. The smallest absolute Gasteiger partial charge is 0.248 e. The lowest BCUT2D eigenvalue weighted by molar-refractivity contribution is -0.133. The maximum absolute atomic E-state index is 12.5. The van der Waals surface area contributed by atoms with Gasteiger partial charge in [0, 0.05) is 17.2 Å².